The van der Waals surface area contributed by atoms with Crippen molar-refractivity contribution in [2.24, 2.45) is 4.99 Å². The van der Waals surface area contributed by atoms with Crippen molar-refractivity contribution in [1.29, 1.82) is 0 Å². The van der Waals surface area contributed by atoms with Gasteiger partial charge in [-0.25, -0.2) is 10.3 Å². The summed E-state index contributed by atoms with van der Waals surface area (Å²) in [6.07, 6.45) is 3.46. The minimum absolute atomic E-state index is 0.288. The Morgan fingerprint density at radius 2 is 1.85 bits per heavy atom. The molecule has 0 aliphatic carbocycles. The Bertz CT molecular complexity index is 338. The Morgan fingerprint density at radius 3 is 2.46 bits per heavy atom. The van der Waals surface area contributed by atoms with Gasteiger partial charge in [0.15, 0.2) is 0 Å². The van der Waals surface area contributed by atoms with Crippen molar-refractivity contribution in [3.63, 3.8) is 0 Å². The van der Waals surface area contributed by atoms with Gasteiger partial charge in [-0.2, -0.15) is 0 Å². The molecular weight excluding hydrogens is 160 g/mol. The van der Waals surface area contributed by atoms with Crippen molar-refractivity contribution >= 4 is 5.84 Å². The fraction of sp³-hybridized carbons (Fsp3) is 0.182. The number of aliphatic imine (C=N–C) groups is 1. The van der Waals surface area contributed by atoms with E-state index in [9.17, 15) is 0 Å². The second-order valence-electron chi connectivity index (χ2n) is 3.05. The molecule has 1 unspecified atom stereocenters. The summed E-state index contributed by atoms with van der Waals surface area (Å²) in [4.78, 5) is 4.18. The summed E-state index contributed by atoms with van der Waals surface area (Å²) in [5.74, 6) is 1.18. The molecule has 0 amide bonds. The Hall–Kier alpha value is -1.57. The van der Waals surface area contributed by atoms with Gasteiger partial charge in [0.25, 0.3) is 0 Å². The molecule has 1 aromatic rings. The van der Waals surface area contributed by atoms with E-state index >= 15 is 0 Å². The Balaban J connectivity index is 2.18. The monoisotopic (exact) mass is 171 g/mol. The van der Waals surface area contributed by atoms with Crippen molar-refractivity contribution in [3.8, 4) is 0 Å². The van der Waals surface area contributed by atoms with E-state index in [2.05, 4.69) is 29.4 Å². The lowest BCUT2D eigenvalue weighted by Gasteiger charge is -2.09. The molecule has 65 valence electrons. The second-order valence-corrected chi connectivity index (χ2v) is 3.05. The zero-order chi connectivity index (χ0) is 9.10. The van der Waals surface area contributed by atoms with Crippen LogP contribution in [0.5, 0.6) is 0 Å². The summed E-state index contributed by atoms with van der Waals surface area (Å²) in [5.41, 5.74) is 1.26. The van der Waals surface area contributed by atoms with Gasteiger partial charge in [0.1, 0.15) is 5.84 Å². The van der Waals surface area contributed by atoms with Gasteiger partial charge >= 0.3 is 0 Å². The van der Waals surface area contributed by atoms with Crippen LogP contribution in [0, 0.1) is 0 Å². The van der Waals surface area contributed by atoms with Crippen LogP contribution in [0.3, 0.4) is 0 Å². The first kappa shape index (κ1) is 8.05. The maximum Gasteiger partial charge on any atom is 0.135 e. The standard InChI is InChI=1S/C11H11N2/c1-9(11-12-7-8-13-11)10-5-3-2-4-6-10/h2-9H,1H3. The van der Waals surface area contributed by atoms with Crippen molar-refractivity contribution < 1.29 is 0 Å². The van der Waals surface area contributed by atoms with Crippen molar-refractivity contribution in [3.05, 3.63) is 48.3 Å². The number of nitrogens with zero attached hydrogens (tertiary/aromatic N) is 2. The molecule has 13 heavy (non-hydrogen) atoms. The van der Waals surface area contributed by atoms with Crippen LogP contribution in [0.15, 0.2) is 47.7 Å². The molecular formula is C11H11N2. The molecule has 1 atom stereocenters. The van der Waals surface area contributed by atoms with Crippen molar-refractivity contribution in [2.45, 2.75) is 12.8 Å². The minimum atomic E-state index is 0.288. The van der Waals surface area contributed by atoms with Crippen LogP contribution in [0.2, 0.25) is 0 Å². The van der Waals surface area contributed by atoms with Crippen molar-refractivity contribution in [2.75, 3.05) is 0 Å². The molecule has 2 heteroatoms. The van der Waals surface area contributed by atoms with Gasteiger partial charge in [-0.15, -0.1) is 0 Å². The summed E-state index contributed by atoms with van der Waals surface area (Å²) in [6.45, 7) is 2.12. The molecule has 2 rings (SSSR count). The van der Waals surface area contributed by atoms with Gasteiger partial charge in [0, 0.05) is 18.3 Å². The zero-order valence-electron chi connectivity index (χ0n) is 7.51. The molecule has 0 N–H and O–H groups in total. The lowest BCUT2D eigenvalue weighted by Crippen LogP contribution is -2.14. The third-order valence-corrected chi connectivity index (χ3v) is 2.17. The first-order valence-electron chi connectivity index (χ1n) is 4.36. The van der Waals surface area contributed by atoms with Gasteiger partial charge in [0.2, 0.25) is 0 Å². The molecule has 0 saturated heterocycles. The molecule has 0 fully saturated rings. The van der Waals surface area contributed by atoms with Gasteiger partial charge in [-0.1, -0.05) is 37.3 Å². The Kier molecular flexibility index (Phi) is 2.13. The van der Waals surface area contributed by atoms with E-state index in [-0.39, 0.29) is 5.92 Å². The highest BCUT2D eigenvalue weighted by atomic mass is 15.0. The van der Waals surface area contributed by atoms with Crippen LogP contribution < -0.4 is 5.32 Å². The third kappa shape index (κ3) is 1.61. The Labute approximate surface area is 78.0 Å². The zero-order valence-corrected chi connectivity index (χ0v) is 7.51. The predicted octanol–water partition coefficient (Wildman–Crippen LogP) is 2.28. The van der Waals surface area contributed by atoms with E-state index in [1.54, 1.807) is 12.4 Å². The average Bonchev–Trinajstić information content (AvgIpc) is 2.71. The van der Waals surface area contributed by atoms with Gasteiger partial charge in [-0.3, -0.25) is 0 Å². The van der Waals surface area contributed by atoms with Crippen LogP contribution in [-0.4, -0.2) is 5.84 Å². The highest BCUT2D eigenvalue weighted by Gasteiger charge is 2.14. The van der Waals surface area contributed by atoms with Gasteiger partial charge in [0.05, 0.1) is 0 Å². The lowest BCUT2D eigenvalue weighted by molar-refractivity contribution is 0.974. The lowest BCUT2D eigenvalue weighted by atomic mass is 10.0. The molecule has 1 radical (unpaired) electrons. The SMILES string of the molecule is CC(C1=NC=C[N]1)c1ccccc1. The maximum absolute atomic E-state index is 4.18. The summed E-state index contributed by atoms with van der Waals surface area (Å²) in [6, 6.07) is 10.3. The van der Waals surface area contributed by atoms with E-state index in [0.29, 0.717) is 0 Å². The van der Waals surface area contributed by atoms with Crippen LogP contribution in [0.4, 0.5) is 0 Å². The molecule has 0 aromatic heterocycles. The number of amidine groups is 1. The predicted molar refractivity (Wildman–Crippen MR) is 53.6 cm³/mol. The van der Waals surface area contributed by atoms with E-state index in [1.807, 2.05) is 18.2 Å². The van der Waals surface area contributed by atoms with E-state index in [4.69, 9.17) is 0 Å². The molecule has 1 heterocycles. The number of benzene rings is 1. The quantitative estimate of drug-likeness (QED) is 0.652. The second kappa shape index (κ2) is 3.44. The summed E-state index contributed by atoms with van der Waals surface area (Å²) in [7, 11) is 0. The normalized spacial score (nSPS) is 16.5. The third-order valence-electron chi connectivity index (χ3n) is 2.17. The van der Waals surface area contributed by atoms with Crippen LogP contribution >= 0.6 is 0 Å². The Morgan fingerprint density at radius 1 is 1.08 bits per heavy atom. The summed E-state index contributed by atoms with van der Waals surface area (Å²) in [5, 5.41) is 4.18. The molecule has 1 aromatic carbocycles. The fourth-order valence-electron chi connectivity index (χ4n) is 1.37. The topological polar surface area (TPSA) is 26.5 Å². The molecule has 2 nitrogen and oxygen atoms in total. The van der Waals surface area contributed by atoms with Gasteiger partial charge < -0.3 is 0 Å². The summed E-state index contributed by atoms with van der Waals surface area (Å²) >= 11 is 0. The van der Waals surface area contributed by atoms with E-state index in [1.165, 1.54) is 5.56 Å². The fourth-order valence-corrected chi connectivity index (χ4v) is 1.37. The first-order valence-corrected chi connectivity index (χ1v) is 4.36. The number of rotatable bonds is 2. The number of hydrogen-bond acceptors (Lipinski definition) is 1. The highest BCUT2D eigenvalue weighted by Crippen LogP contribution is 2.17. The molecule has 1 aliphatic heterocycles. The van der Waals surface area contributed by atoms with Crippen LogP contribution in [-0.2, 0) is 0 Å². The van der Waals surface area contributed by atoms with Crippen LogP contribution in [0.1, 0.15) is 18.4 Å². The minimum Gasteiger partial charge on any atom is -0.239 e. The smallest absolute Gasteiger partial charge is 0.135 e. The van der Waals surface area contributed by atoms with E-state index < -0.39 is 0 Å². The van der Waals surface area contributed by atoms with Crippen LogP contribution in [0.25, 0.3) is 0 Å². The van der Waals surface area contributed by atoms with Gasteiger partial charge in [-0.05, 0) is 5.56 Å². The van der Waals surface area contributed by atoms with E-state index in [0.717, 1.165) is 5.84 Å². The molecule has 1 aliphatic rings. The highest BCUT2D eigenvalue weighted by molar-refractivity contribution is 5.90. The number of hydrogen-bond donors (Lipinski definition) is 0. The molecule has 0 saturated carbocycles. The molecule has 0 bridgehead atoms. The molecule has 0 spiro atoms. The largest absolute Gasteiger partial charge is 0.239 e. The average molecular weight is 171 g/mol. The van der Waals surface area contributed by atoms with Crippen molar-refractivity contribution in [1.82, 2.24) is 5.32 Å². The first-order chi connectivity index (χ1) is 6.38. The summed E-state index contributed by atoms with van der Waals surface area (Å²) < 4.78 is 0. The maximum atomic E-state index is 4.18.